The number of allylic oxidation sites excluding steroid dienone is 2. The summed E-state index contributed by atoms with van der Waals surface area (Å²) in [5, 5.41) is 9.21. The van der Waals surface area contributed by atoms with Gasteiger partial charge in [-0.05, 0) is 73.3 Å². The van der Waals surface area contributed by atoms with Gasteiger partial charge in [0, 0.05) is 5.56 Å². The van der Waals surface area contributed by atoms with Gasteiger partial charge in [0.15, 0.2) is 17.5 Å². The van der Waals surface area contributed by atoms with E-state index in [2.05, 4.69) is 19.1 Å². The van der Waals surface area contributed by atoms with Gasteiger partial charge in [-0.15, -0.1) is 0 Å². The summed E-state index contributed by atoms with van der Waals surface area (Å²) < 4.78 is 70.7. The lowest BCUT2D eigenvalue weighted by atomic mass is 9.76. The van der Waals surface area contributed by atoms with Crippen LogP contribution in [-0.4, -0.2) is 11.1 Å². The van der Waals surface area contributed by atoms with Gasteiger partial charge in [0.2, 0.25) is 0 Å². The zero-order valence-corrected chi connectivity index (χ0v) is 17.0. The number of unbranched alkanes of at least 4 members (excludes halogenated alkanes) is 1. The molecular formula is C24H23F5O2. The van der Waals surface area contributed by atoms with Crippen LogP contribution in [0.25, 0.3) is 11.1 Å². The lowest BCUT2D eigenvalue weighted by Gasteiger charge is -2.29. The Bertz CT molecular complexity index is 985. The number of hydrogen-bond donors (Lipinski definition) is 1. The van der Waals surface area contributed by atoms with Crippen molar-refractivity contribution < 1.29 is 31.9 Å². The van der Waals surface area contributed by atoms with Crippen LogP contribution in [0.4, 0.5) is 22.0 Å². The van der Waals surface area contributed by atoms with E-state index >= 15 is 4.39 Å². The molecule has 0 saturated heterocycles. The first-order valence-corrected chi connectivity index (χ1v) is 10.3. The van der Waals surface area contributed by atoms with Crippen molar-refractivity contribution in [1.29, 1.82) is 0 Å². The maximum atomic E-state index is 15.2. The first kappa shape index (κ1) is 23.0. The van der Waals surface area contributed by atoms with Crippen molar-refractivity contribution in [3.05, 3.63) is 70.6 Å². The average Bonchev–Trinajstić information content (AvgIpc) is 2.71. The van der Waals surface area contributed by atoms with Crippen molar-refractivity contribution in [2.24, 2.45) is 5.92 Å². The highest BCUT2D eigenvalue weighted by Crippen LogP contribution is 2.43. The van der Waals surface area contributed by atoms with Gasteiger partial charge in [-0.25, -0.2) is 26.7 Å². The maximum absolute atomic E-state index is 15.2. The molecule has 31 heavy (non-hydrogen) atoms. The lowest BCUT2D eigenvalue weighted by molar-refractivity contribution is 0.0686. The summed E-state index contributed by atoms with van der Waals surface area (Å²) in [6.45, 7) is 2.08. The zero-order chi connectivity index (χ0) is 22.7. The van der Waals surface area contributed by atoms with Crippen LogP contribution in [0.5, 0.6) is 0 Å². The van der Waals surface area contributed by atoms with E-state index in [1.54, 1.807) is 0 Å². The Balaban J connectivity index is 2.06. The molecule has 0 bridgehead atoms. The Kier molecular flexibility index (Phi) is 7.13. The van der Waals surface area contributed by atoms with E-state index in [4.69, 9.17) is 0 Å². The van der Waals surface area contributed by atoms with Crippen molar-refractivity contribution in [1.82, 2.24) is 0 Å². The van der Waals surface area contributed by atoms with Crippen molar-refractivity contribution in [2.75, 3.05) is 0 Å². The molecule has 0 unspecified atom stereocenters. The molecule has 0 atom stereocenters. The van der Waals surface area contributed by atoms with Gasteiger partial charge in [0.1, 0.15) is 17.2 Å². The van der Waals surface area contributed by atoms with Gasteiger partial charge in [-0.3, -0.25) is 0 Å². The molecule has 0 aliphatic heterocycles. The lowest BCUT2D eigenvalue weighted by Crippen LogP contribution is -2.16. The molecule has 0 amide bonds. The van der Waals surface area contributed by atoms with E-state index in [0.29, 0.717) is 30.9 Å². The molecule has 1 saturated carbocycles. The van der Waals surface area contributed by atoms with Gasteiger partial charge in [0.25, 0.3) is 0 Å². The van der Waals surface area contributed by atoms with Crippen molar-refractivity contribution in [3.8, 4) is 11.1 Å². The van der Waals surface area contributed by atoms with Gasteiger partial charge in [-0.2, -0.15) is 0 Å². The minimum Gasteiger partial charge on any atom is -0.477 e. The van der Waals surface area contributed by atoms with Crippen molar-refractivity contribution in [2.45, 2.75) is 51.4 Å². The van der Waals surface area contributed by atoms with Crippen LogP contribution in [-0.2, 0) is 0 Å². The van der Waals surface area contributed by atoms with Crippen LogP contribution < -0.4 is 0 Å². The topological polar surface area (TPSA) is 37.3 Å². The summed E-state index contributed by atoms with van der Waals surface area (Å²) in [7, 11) is 0. The van der Waals surface area contributed by atoms with E-state index < -0.39 is 46.2 Å². The Morgan fingerprint density at radius 2 is 1.58 bits per heavy atom. The maximum Gasteiger partial charge on any atom is 0.341 e. The molecule has 2 aromatic carbocycles. The van der Waals surface area contributed by atoms with Gasteiger partial charge in [0.05, 0.1) is 0 Å². The fraction of sp³-hybridized carbons (Fsp3) is 0.375. The predicted molar refractivity (Wildman–Crippen MR) is 107 cm³/mol. The monoisotopic (exact) mass is 438 g/mol. The zero-order valence-electron chi connectivity index (χ0n) is 17.0. The summed E-state index contributed by atoms with van der Waals surface area (Å²) in [5.41, 5.74) is -1.83. The van der Waals surface area contributed by atoms with Crippen molar-refractivity contribution in [3.63, 3.8) is 0 Å². The van der Waals surface area contributed by atoms with E-state index in [0.717, 1.165) is 31.7 Å². The molecule has 0 heterocycles. The number of benzene rings is 2. The van der Waals surface area contributed by atoms with E-state index in [1.807, 2.05) is 0 Å². The van der Waals surface area contributed by atoms with Crippen LogP contribution >= 0.6 is 0 Å². The number of aromatic carboxylic acids is 1. The van der Waals surface area contributed by atoms with Gasteiger partial charge >= 0.3 is 5.97 Å². The Morgan fingerprint density at radius 3 is 2.13 bits per heavy atom. The summed E-state index contributed by atoms with van der Waals surface area (Å²) >= 11 is 0. The smallest absolute Gasteiger partial charge is 0.341 e. The van der Waals surface area contributed by atoms with E-state index in [-0.39, 0.29) is 17.0 Å². The highest BCUT2D eigenvalue weighted by molar-refractivity contribution is 5.91. The molecule has 3 rings (SSSR count). The average molecular weight is 438 g/mol. The molecule has 1 fully saturated rings. The molecule has 0 aromatic heterocycles. The quantitative estimate of drug-likeness (QED) is 0.290. The first-order chi connectivity index (χ1) is 14.7. The molecule has 1 aliphatic carbocycles. The Morgan fingerprint density at radius 1 is 0.968 bits per heavy atom. The van der Waals surface area contributed by atoms with E-state index in [1.165, 1.54) is 0 Å². The molecule has 2 aromatic rings. The number of rotatable bonds is 6. The molecule has 7 heteroatoms. The summed E-state index contributed by atoms with van der Waals surface area (Å²) in [4.78, 5) is 11.4. The Hall–Kier alpha value is -2.70. The number of carboxylic acid groups (broad SMARTS) is 1. The van der Waals surface area contributed by atoms with Crippen molar-refractivity contribution >= 4 is 5.97 Å². The molecule has 1 N–H and O–H groups in total. The standard InChI is InChI=1S/C24H23F5O2/c1-2-3-4-5-13-6-8-14(9-7-13)16-12-17(25)21(24(30)31)23(29)20(16)15-10-18(26)22(28)19(27)11-15/h4-5,10-14H,2-3,6-9H2,1H3,(H,30,31). The first-order valence-electron chi connectivity index (χ1n) is 10.3. The van der Waals surface area contributed by atoms with Crippen LogP contribution in [0, 0.1) is 35.0 Å². The molecule has 0 radical (unpaired) electrons. The summed E-state index contributed by atoms with van der Waals surface area (Å²) in [5.74, 6) is -9.29. The second kappa shape index (κ2) is 9.62. The second-order valence-corrected chi connectivity index (χ2v) is 7.90. The number of carbonyl (C=O) groups is 1. The number of halogens is 5. The van der Waals surface area contributed by atoms with E-state index in [9.17, 15) is 27.5 Å². The fourth-order valence-electron chi connectivity index (χ4n) is 4.23. The van der Waals surface area contributed by atoms with Crippen LogP contribution in [0.15, 0.2) is 30.4 Å². The van der Waals surface area contributed by atoms with Crippen LogP contribution in [0.3, 0.4) is 0 Å². The second-order valence-electron chi connectivity index (χ2n) is 7.90. The fourth-order valence-corrected chi connectivity index (χ4v) is 4.23. The Labute approximate surface area is 177 Å². The van der Waals surface area contributed by atoms with Gasteiger partial charge in [-0.1, -0.05) is 25.5 Å². The molecular weight excluding hydrogens is 415 g/mol. The SMILES string of the molecule is CCCC=CC1CCC(c2cc(F)c(C(=O)O)c(F)c2-c2cc(F)c(F)c(F)c2)CC1. The number of carboxylic acids is 1. The third-order valence-corrected chi connectivity index (χ3v) is 5.81. The number of hydrogen-bond acceptors (Lipinski definition) is 1. The molecule has 166 valence electrons. The van der Waals surface area contributed by atoms with Crippen LogP contribution in [0.2, 0.25) is 0 Å². The third-order valence-electron chi connectivity index (χ3n) is 5.81. The van der Waals surface area contributed by atoms with Crippen LogP contribution in [0.1, 0.15) is 67.3 Å². The highest BCUT2D eigenvalue weighted by Gasteiger charge is 2.30. The van der Waals surface area contributed by atoms with Gasteiger partial charge < -0.3 is 5.11 Å². The molecule has 1 aliphatic rings. The molecule has 0 spiro atoms. The summed E-state index contributed by atoms with van der Waals surface area (Å²) in [6, 6.07) is 2.13. The third kappa shape index (κ3) is 4.81. The molecule has 2 nitrogen and oxygen atoms in total. The minimum absolute atomic E-state index is 0.140. The minimum atomic E-state index is -1.84. The summed E-state index contributed by atoms with van der Waals surface area (Å²) in [6.07, 6.45) is 8.94. The highest BCUT2D eigenvalue weighted by atomic mass is 19.2. The predicted octanol–water partition coefficient (Wildman–Crippen LogP) is 7.38. The normalized spacial score (nSPS) is 19.2. The largest absolute Gasteiger partial charge is 0.477 e.